The van der Waals surface area contributed by atoms with Crippen LogP contribution in [0.3, 0.4) is 0 Å². The summed E-state index contributed by atoms with van der Waals surface area (Å²) < 4.78 is 1.14. The molecule has 0 spiro atoms. The van der Waals surface area contributed by atoms with Crippen molar-refractivity contribution in [2.45, 2.75) is 97.8 Å². The molecule has 21 heavy (non-hydrogen) atoms. The highest BCUT2D eigenvalue weighted by atomic mass is 127. The normalized spacial score (nSPS) is 13.0. The molecule has 0 amide bonds. The molecule has 0 N–H and O–H groups in total. The van der Waals surface area contributed by atoms with Gasteiger partial charge in [-0.05, 0) is 39.5 Å². The van der Waals surface area contributed by atoms with E-state index in [1.165, 1.54) is 82.6 Å². The fourth-order valence-electron chi connectivity index (χ4n) is 2.60. The van der Waals surface area contributed by atoms with Crippen molar-refractivity contribution in [2.24, 2.45) is 0 Å². The quantitative estimate of drug-likeness (QED) is 0.119. The maximum atomic E-state index is 2.45. The van der Waals surface area contributed by atoms with Crippen molar-refractivity contribution in [2.75, 3.05) is 4.43 Å². The van der Waals surface area contributed by atoms with Crippen LogP contribution in [0.4, 0.5) is 0 Å². The molecule has 0 aromatic rings. The van der Waals surface area contributed by atoms with E-state index in [0.29, 0.717) is 0 Å². The van der Waals surface area contributed by atoms with Gasteiger partial charge in [0.05, 0.1) is 0 Å². The summed E-state index contributed by atoms with van der Waals surface area (Å²) in [4.78, 5) is 0. The lowest BCUT2D eigenvalue weighted by Crippen LogP contribution is -1.84. The number of unbranched alkanes of at least 4 members (excludes halogenated alkanes) is 8. The van der Waals surface area contributed by atoms with Gasteiger partial charge >= 0.3 is 0 Å². The SMILES string of the molecule is CCCCCCCCCCC/C(C)=C/CC/C(C)=C/CI. The largest absolute Gasteiger partial charge is 0.0853 e. The van der Waals surface area contributed by atoms with E-state index in [4.69, 9.17) is 0 Å². The molecule has 0 unspecified atom stereocenters. The van der Waals surface area contributed by atoms with Gasteiger partial charge in [-0.2, -0.15) is 0 Å². The van der Waals surface area contributed by atoms with Crippen LogP contribution in [0, 0.1) is 0 Å². The highest BCUT2D eigenvalue weighted by Crippen LogP contribution is 2.14. The molecule has 0 aromatic heterocycles. The molecule has 0 aliphatic carbocycles. The molecule has 0 saturated heterocycles. The van der Waals surface area contributed by atoms with E-state index in [-0.39, 0.29) is 0 Å². The summed E-state index contributed by atoms with van der Waals surface area (Å²) in [6, 6.07) is 0. The second-order valence-electron chi connectivity index (χ2n) is 6.37. The fourth-order valence-corrected chi connectivity index (χ4v) is 3.35. The molecule has 0 radical (unpaired) electrons. The monoisotopic (exact) mass is 404 g/mol. The fraction of sp³-hybridized carbons (Fsp3) is 0.800. The van der Waals surface area contributed by atoms with Gasteiger partial charge in [0.15, 0.2) is 0 Å². The molecule has 0 rings (SSSR count). The Hall–Kier alpha value is 0.210. The minimum absolute atomic E-state index is 1.14. The number of allylic oxidation sites excluding steroid dienone is 4. The molecule has 0 nitrogen and oxygen atoms in total. The summed E-state index contributed by atoms with van der Waals surface area (Å²) >= 11 is 2.41. The van der Waals surface area contributed by atoms with Gasteiger partial charge < -0.3 is 0 Å². The maximum absolute atomic E-state index is 2.45. The van der Waals surface area contributed by atoms with Crippen LogP contribution in [0.2, 0.25) is 0 Å². The van der Waals surface area contributed by atoms with Gasteiger partial charge in [0.1, 0.15) is 0 Å². The van der Waals surface area contributed by atoms with Crippen LogP contribution < -0.4 is 0 Å². The predicted molar refractivity (Wildman–Crippen MR) is 107 cm³/mol. The first-order valence-corrected chi connectivity index (χ1v) is 10.6. The summed E-state index contributed by atoms with van der Waals surface area (Å²) in [6.45, 7) is 6.85. The molecule has 0 heterocycles. The Bertz CT molecular complexity index is 276. The minimum Gasteiger partial charge on any atom is -0.0853 e. The molecule has 0 aromatic carbocycles. The van der Waals surface area contributed by atoms with Crippen molar-refractivity contribution in [1.82, 2.24) is 0 Å². The second kappa shape index (κ2) is 16.6. The van der Waals surface area contributed by atoms with Crippen molar-refractivity contribution in [3.63, 3.8) is 0 Å². The zero-order valence-electron chi connectivity index (χ0n) is 14.7. The first kappa shape index (κ1) is 21.2. The topological polar surface area (TPSA) is 0 Å². The molecule has 0 fully saturated rings. The van der Waals surface area contributed by atoms with Gasteiger partial charge in [-0.25, -0.2) is 0 Å². The minimum atomic E-state index is 1.14. The van der Waals surface area contributed by atoms with Crippen molar-refractivity contribution < 1.29 is 0 Å². The number of alkyl halides is 1. The van der Waals surface area contributed by atoms with E-state index < -0.39 is 0 Å². The van der Waals surface area contributed by atoms with Gasteiger partial charge in [0.25, 0.3) is 0 Å². The maximum Gasteiger partial charge on any atom is 0.0178 e. The molecule has 1 heteroatoms. The zero-order chi connectivity index (χ0) is 15.8. The number of halogens is 1. The summed E-state index contributed by atoms with van der Waals surface area (Å²) in [5.41, 5.74) is 3.14. The Kier molecular flexibility index (Phi) is 16.7. The number of hydrogen-bond acceptors (Lipinski definition) is 0. The van der Waals surface area contributed by atoms with E-state index in [1.807, 2.05) is 0 Å². The Morgan fingerprint density at radius 2 is 1.24 bits per heavy atom. The van der Waals surface area contributed by atoms with E-state index in [0.717, 1.165) is 4.43 Å². The van der Waals surface area contributed by atoms with Gasteiger partial charge in [-0.3, -0.25) is 0 Å². The summed E-state index contributed by atoms with van der Waals surface area (Å²) in [5.74, 6) is 0. The lowest BCUT2D eigenvalue weighted by molar-refractivity contribution is 0.564. The lowest BCUT2D eigenvalue weighted by atomic mass is 10.0. The molecule has 0 bridgehead atoms. The average molecular weight is 404 g/mol. The lowest BCUT2D eigenvalue weighted by Gasteiger charge is -2.04. The first-order chi connectivity index (χ1) is 10.2. The smallest absolute Gasteiger partial charge is 0.0178 e. The predicted octanol–water partition coefficient (Wildman–Crippen LogP) is 8.02. The van der Waals surface area contributed by atoms with Crippen molar-refractivity contribution in [1.29, 1.82) is 0 Å². The van der Waals surface area contributed by atoms with E-state index >= 15 is 0 Å². The molecule has 124 valence electrons. The molecular formula is C20H37I. The van der Waals surface area contributed by atoms with Crippen molar-refractivity contribution in [3.8, 4) is 0 Å². The van der Waals surface area contributed by atoms with Gasteiger partial charge in [-0.15, -0.1) is 0 Å². The van der Waals surface area contributed by atoms with Crippen molar-refractivity contribution in [3.05, 3.63) is 23.3 Å². The van der Waals surface area contributed by atoms with E-state index in [9.17, 15) is 0 Å². The van der Waals surface area contributed by atoms with Crippen LogP contribution in [0.25, 0.3) is 0 Å². The molecule has 0 aliphatic heterocycles. The van der Waals surface area contributed by atoms with Gasteiger partial charge in [-0.1, -0.05) is 104 Å². The van der Waals surface area contributed by atoms with Crippen LogP contribution in [-0.4, -0.2) is 4.43 Å². The Morgan fingerprint density at radius 1 is 0.714 bits per heavy atom. The van der Waals surface area contributed by atoms with E-state index in [1.54, 1.807) is 5.57 Å². The second-order valence-corrected chi connectivity index (χ2v) is 7.25. The highest BCUT2D eigenvalue weighted by molar-refractivity contribution is 14.1. The molecule has 0 saturated carbocycles. The summed E-state index contributed by atoms with van der Waals surface area (Å²) in [5, 5.41) is 0. The van der Waals surface area contributed by atoms with Crippen LogP contribution in [0.5, 0.6) is 0 Å². The summed E-state index contributed by atoms with van der Waals surface area (Å²) in [7, 11) is 0. The van der Waals surface area contributed by atoms with Crippen LogP contribution in [0.1, 0.15) is 97.8 Å². The summed E-state index contributed by atoms with van der Waals surface area (Å²) in [6.07, 6.45) is 21.4. The van der Waals surface area contributed by atoms with Crippen LogP contribution in [0.15, 0.2) is 23.3 Å². The van der Waals surface area contributed by atoms with Crippen LogP contribution in [-0.2, 0) is 0 Å². The molecule has 0 atom stereocenters. The Labute approximate surface area is 148 Å². The van der Waals surface area contributed by atoms with Crippen molar-refractivity contribution >= 4 is 22.6 Å². The highest BCUT2D eigenvalue weighted by Gasteiger charge is 1.94. The standard InChI is InChI=1S/C20H37I/c1-4-5-6-7-8-9-10-11-12-14-19(2)15-13-16-20(3)17-18-21/h15,17H,4-14,16,18H2,1-3H3/b19-15+,20-17+. The Balaban J connectivity index is 3.40. The van der Waals surface area contributed by atoms with Crippen LogP contribution >= 0.6 is 22.6 Å². The average Bonchev–Trinajstić information content (AvgIpc) is 2.46. The molecule has 0 aliphatic rings. The Morgan fingerprint density at radius 3 is 1.81 bits per heavy atom. The van der Waals surface area contributed by atoms with E-state index in [2.05, 4.69) is 55.5 Å². The molecular weight excluding hydrogens is 367 g/mol. The van der Waals surface area contributed by atoms with Gasteiger partial charge in [0, 0.05) is 4.43 Å². The first-order valence-electron chi connectivity index (χ1n) is 9.08. The third kappa shape index (κ3) is 16.4. The third-order valence-corrected chi connectivity index (χ3v) is 4.57. The number of hydrogen-bond donors (Lipinski definition) is 0. The third-order valence-electron chi connectivity index (χ3n) is 4.13. The van der Waals surface area contributed by atoms with Gasteiger partial charge in [0.2, 0.25) is 0 Å². The number of rotatable bonds is 14. The zero-order valence-corrected chi connectivity index (χ0v) is 16.9.